The highest BCUT2D eigenvalue weighted by atomic mass is 19.4. The van der Waals surface area contributed by atoms with Crippen molar-refractivity contribution in [1.29, 1.82) is 0 Å². The maximum Gasteiger partial charge on any atom is 0.416 e. The number of amides is 1. The highest BCUT2D eigenvalue weighted by Gasteiger charge is 2.30. The van der Waals surface area contributed by atoms with E-state index in [1.54, 1.807) is 18.2 Å². The Morgan fingerprint density at radius 2 is 1.93 bits per heavy atom. The van der Waals surface area contributed by atoms with E-state index in [4.69, 9.17) is 9.47 Å². The number of carbonyl (C=O) groups is 1. The van der Waals surface area contributed by atoms with Gasteiger partial charge in [-0.2, -0.15) is 18.0 Å². The summed E-state index contributed by atoms with van der Waals surface area (Å²) in [6.07, 6.45) is -4.48. The summed E-state index contributed by atoms with van der Waals surface area (Å²) in [6.45, 7) is -0.291. The van der Waals surface area contributed by atoms with Gasteiger partial charge in [0.05, 0.1) is 25.5 Å². The van der Waals surface area contributed by atoms with Gasteiger partial charge in [0.1, 0.15) is 18.0 Å². The topological polar surface area (TPSA) is 91.2 Å². The zero-order valence-corrected chi connectivity index (χ0v) is 15.4. The smallest absolute Gasteiger partial charge is 0.416 e. The van der Waals surface area contributed by atoms with Crippen molar-refractivity contribution in [2.75, 3.05) is 19.5 Å². The molecular formula is C18H16F3N5O3. The Morgan fingerprint density at radius 3 is 2.62 bits per heavy atom. The minimum atomic E-state index is -4.48. The van der Waals surface area contributed by atoms with Gasteiger partial charge in [-0.1, -0.05) is 12.1 Å². The van der Waals surface area contributed by atoms with Gasteiger partial charge in [0, 0.05) is 11.6 Å². The molecule has 8 nitrogen and oxygen atoms in total. The van der Waals surface area contributed by atoms with Crippen LogP contribution in [0.3, 0.4) is 0 Å². The third-order valence-electron chi connectivity index (χ3n) is 3.87. The molecule has 1 heterocycles. The van der Waals surface area contributed by atoms with Crippen LogP contribution in [0.5, 0.6) is 11.5 Å². The second-order valence-corrected chi connectivity index (χ2v) is 5.84. The summed E-state index contributed by atoms with van der Waals surface area (Å²) in [4.78, 5) is 13.2. The number of aromatic nitrogens is 4. The quantitative estimate of drug-likeness (QED) is 0.676. The second kappa shape index (κ2) is 8.17. The molecule has 0 radical (unpaired) electrons. The summed E-state index contributed by atoms with van der Waals surface area (Å²) in [6, 6.07) is 9.42. The molecule has 0 bridgehead atoms. The minimum Gasteiger partial charge on any atom is -0.497 e. The van der Waals surface area contributed by atoms with Gasteiger partial charge in [-0.3, -0.25) is 4.79 Å². The molecule has 0 aliphatic rings. The molecule has 11 heteroatoms. The Balaban J connectivity index is 1.71. The predicted octanol–water partition coefficient (Wildman–Crippen LogP) is 3.01. The molecule has 0 saturated heterocycles. The fourth-order valence-corrected chi connectivity index (χ4v) is 2.48. The molecule has 0 fully saturated rings. The summed E-state index contributed by atoms with van der Waals surface area (Å²) in [5.41, 5.74) is -0.268. The van der Waals surface area contributed by atoms with Crippen LogP contribution in [-0.2, 0) is 17.5 Å². The van der Waals surface area contributed by atoms with E-state index in [0.717, 1.165) is 16.9 Å². The molecule has 0 spiro atoms. The van der Waals surface area contributed by atoms with E-state index in [0.29, 0.717) is 17.2 Å². The van der Waals surface area contributed by atoms with E-state index in [2.05, 4.69) is 20.7 Å². The lowest BCUT2D eigenvalue weighted by Gasteiger charge is -2.11. The Morgan fingerprint density at radius 1 is 1.14 bits per heavy atom. The number of alkyl halides is 3. The van der Waals surface area contributed by atoms with E-state index < -0.39 is 17.6 Å². The van der Waals surface area contributed by atoms with Gasteiger partial charge < -0.3 is 14.8 Å². The van der Waals surface area contributed by atoms with Gasteiger partial charge >= 0.3 is 6.18 Å². The largest absolute Gasteiger partial charge is 0.497 e. The number of nitrogens with one attached hydrogen (secondary N) is 1. The molecule has 0 aliphatic heterocycles. The third-order valence-corrected chi connectivity index (χ3v) is 3.87. The highest BCUT2D eigenvalue weighted by molar-refractivity contribution is 5.92. The van der Waals surface area contributed by atoms with Crippen molar-refractivity contribution in [2.24, 2.45) is 0 Å². The average Bonchev–Trinajstić information content (AvgIpc) is 3.16. The normalized spacial score (nSPS) is 11.2. The first-order chi connectivity index (χ1) is 13.8. The molecular weight excluding hydrogens is 391 g/mol. The van der Waals surface area contributed by atoms with Crippen molar-refractivity contribution in [3.63, 3.8) is 0 Å². The first-order valence-electron chi connectivity index (χ1n) is 8.27. The lowest BCUT2D eigenvalue weighted by molar-refractivity contribution is -0.137. The number of hydrogen-bond acceptors (Lipinski definition) is 6. The zero-order chi connectivity index (χ0) is 21.0. The van der Waals surface area contributed by atoms with Crippen LogP contribution in [0.1, 0.15) is 5.56 Å². The molecule has 152 valence electrons. The SMILES string of the molecule is COc1ccc(NC(=O)Cn2nnc(-c3cccc(C(F)(F)F)c3)n2)c(OC)c1. The first-order valence-corrected chi connectivity index (χ1v) is 8.27. The number of carbonyl (C=O) groups excluding carboxylic acids is 1. The van der Waals surface area contributed by atoms with Crippen molar-refractivity contribution >= 4 is 11.6 Å². The second-order valence-electron chi connectivity index (χ2n) is 5.84. The van der Waals surface area contributed by atoms with Crippen LogP contribution in [0, 0.1) is 0 Å². The summed E-state index contributed by atoms with van der Waals surface area (Å²) in [5, 5.41) is 14.1. The van der Waals surface area contributed by atoms with Crippen LogP contribution in [-0.4, -0.2) is 40.3 Å². The molecule has 0 saturated carbocycles. The molecule has 29 heavy (non-hydrogen) atoms. The van der Waals surface area contributed by atoms with E-state index in [-0.39, 0.29) is 17.9 Å². The maximum absolute atomic E-state index is 12.8. The van der Waals surface area contributed by atoms with Crippen molar-refractivity contribution in [1.82, 2.24) is 20.2 Å². The standard InChI is InChI=1S/C18H16F3N5O3/c1-28-13-6-7-14(15(9-13)29-2)22-16(27)10-26-24-17(23-25-26)11-4-3-5-12(8-11)18(19,20)21/h3-9H,10H2,1-2H3,(H,22,27). The number of halogens is 3. The maximum atomic E-state index is 12.8. The molecule has 3 aromatic rings. The zero-order valence-electron chi connectivity index (χ0n) is 15.4. The minimum absolute atomic E-state index is 0.0223. The van der Waals surface area contributed by atoms with Gasteiger partial charge in [-0.05, 0) is 29.5 Å². The molecule has 2 aromatic carbocycles. The van der Waals surface area contributed by atoms with Crippen LogP contribution >= 0.6 is 0 Å². The van der Waals surface area contributed by atoms with E-state index >= 15 is 0 Å². The molecule has 0 aliphatic carbocycles. The first kappa shape index (κ1) is 20.1. The number of tetrazole rings is 1. The Hall–Kier alpha value is -3.63. The lowest BCUT2D eigenvalue weighted by Crippen LogP contribution is -2.20. The van der Waals surface area contributed by atoms with Gasteiger partial charge in [-0.15, -0.1) is 10.2 Å². The fraction of sp³-hybridized carbons (Fsp3) is 0.222. The van der Waals surface area contributed by atoms with E-state index in [9.17, 15) is 18.0 Å². The summed E-state index contributed by atoms with van der Waals surface area (Å²) >= 11 is 0. The van der Waals surface area contributed by atoms with Gasteiger partial charge in [0.25, 0.3) is 0 Å². The highest BCUT2D eigenvalue weighted by Crippen LogP contribution is 2.31. The fourth-order valence-electron chi connectivity index (χ4n) is 2.48. The third kappa shape index (κ3) is 4.81. The summed E-state index contributed by atoms with van der Waals surface area (Å²) in [7, 11) is 2.95. The predicted molar refractivity (Wildman–Crippen MR) is 96.4 cm³/mol. The average molecular weight is 407 g/mol. The van der Waals surface area contributed by atoms with Crippen molar-refractivity contribution < 1.29 is 27.4 Å². The summed E-state index contributed by atoms with van der Waals surface area (Å²) < 4.78 is 48.8. The van der Waals surface area contributed by atoms with Crippen LogP contribution in [0.25, 0.3) is 11.4 Å². The number of methoxy groups -OCH3 is 2. The van der Waals surface area contributed by atoms with Gasteiger partial charge in [0.2, 0.25) is 11.7 Å². The van der Waals surface area contributed by atoms with Crippen LogP contribution in [0.15, 0.2) is 42.5 Å². The van der Waals surface area contributed by atoms with Crippen molar-refractivity contribution in [3.8, 4) is 22.9 Å². The number of hydrogen-bond donors (Lipinski definition) is 1. The van der Waals surface area contributed by atoms with Crippen LogP contribution in [0.2, 0.25) is 0 Å². The monoisotopic (exact) mass is 407 g/mol. The molecule has 0 unspecified atom stereocenters. The number of ether oxygens (including phenoxy) is 2. The molecule has 3 rings (SSSR count). The van der Waals surface area contributed by atoms with Crippen molar-refractivity contribution in [3.05, 3.63) is 48.0 Å². The van der Waals surface area contributed by atoms with E-state index in [1.165, 1.54) is 26.4 Å². The van der Waals surface area contributed by atoms with Crippen molar-refractivity contribution in [2.45, 2.75) is 12.7 Å². The Bertz CT molecular complexity index is 1020. The number of benzene rings is 2. The van der Waals surface area contributed by atoms with Crippen LogP contribution < -0.4 is 14.8 Å². The van der Waals surface area contributed by atoms with E-state index in [1.807, 2.05) is 0 Å². The lowest BCUT2D eigenvalue weighted by atomic mass is 10.1. The number of anilines is 1. The van der Waals surface area contributed by atoms with Gasteiger partial charge in [-0.25, -0.2) is 0 Å². The van der Waals surface area contributed by atoms with Gasteiger partial charge in [0.15, 0.2) is 0 Å². The Labute approximate surface area is 163 Å². The molecule has 0 atom stereocenters. The molecule has 1 N–H and O–H groups in total. The molecule has 1 amide bonds. The number of nitrogens with zero attached hydrogens (tertiary/aromatic N) is 4. The number of rotatable bonds is 6. The Kier molecular flexibility index (Phi) is 5.66. The molecule has 1 aromatic heterocycles. The summed E-state index contributed by atoms with van der Waals surface area (Å²) in [5.74, 6) is 0.463. The van der Waals surface area contributed by atoms with Crippen LogP contribution in [0.4, 0.5) is 18.9 Å².